The molecule has 100 valence electrons. The third kappa shape index (κ3) is 5.21. The summed E-state index contributed by atoms with van der Waals surface area (Å²) in [5, 5.41) is 3.26. The van der Waals surface area contributed by atoms with Crippen molar-refractivity contribution in [3.05, 3.63) is 28.0 Å². The van der Waals surface area contributed by atoms with E-state index in [1.54, 1.807) is 12.1 Å². The van der Waals surface area contributed by atoms with E-state index in [1.165, 1.54) is 0 Å². The number of amides is 1. The largest absolute Gasteiger partial charge is 0.381 e. The zero-order chi connectivity index (χ0) is 13.4. The van der Waals surface area contributed by atoms with Crippen LogP contribution in [0.4, 0.5) is 0 Å². The van der Waals surface area contributed by atoms with Crippen LogP contribution in [0.5, 0.6) is 0 Å². The SMILES string of the molecule is CCCOCCCNC(=O)c1nc(Cl)ccc1Cl. The summed E-state index contributed by atoms with van der Waals surface area (Å²) in [6.07, 6.45) is 1.75. The topological polar surface area (TPSA) is 51.2 Å². The molecule has 4 nitrogen and oxygen atoms in total. The standard InChI is InChI=1S/C12H16Cl2N2O2/c1-2-7-18-8-3-6-15-12(17)11-9(13)4-5-10(14)16-11/h4-5H,2-3,6-8H2,1H3,(H,15,17). The van der Waals surface area contributed by atoms with E-state index >= 15 is 0 Å². The van der Waals surface area contributed by atoms with Crippen LogP contribution in [-0.2, 0) is 4.74 Å². The molecule has 0 radical (unpaired) electrons. The van der Waals surface area contributed by atoms with Gasteiger partial charge in [-0.15, -0.1) is 0 Å². The number of rotatable bonds is 7. The Morgan fingerprint density at radius 1 is 1.39 bits per heavy atom. The Kier molecular flexibility index (Phi) is 7.01. The highest BCUT2D eigenvalue weighted by Crippen LogP contribution is 2.16. The average Bonchev–Trinajstić information content (AvgIpc) is 2.36. The maximum atomic E-state index is 11.7. The molecule has 1 heterocycles. The van der Waals surface area contributed by atoms with Crippen molar-refractivity contribution >= 4 is 29.1 Å². The normalized spacial score (nSPS) is 10.4. The van der Waals surface area contributed by atoms with Crippen LogP contribution in [0, 0.1) is 0 Å². The van der Waals surface area contributed by atoms with E-state index in [-0.39, 0.29) is 16.8 Å². The van der Waals surface area contributed by atoms with Crippen molar-refractivity contribution in [3.8, 4) is 0 Å². The van der Waals surface area contributed by atoms with E-state index in [0.29, 0.717) is 18.2 Å². The number of carbonyl (C=O) groups is 1. The third-order valence-corrected chi connectivity index (χ3v) is 2.64. The molecule has 0 unspecified atom stereocenters. The predicted octanol–water partition coefficient (Wildman–Crippen LogP) is 2.93. The van der Waals surface area contributed by atoms with E-state index in [2.05, 4.69) is 17.2 Å². The van der Waals surface area contributed by atoms with Gasteiger partial charge >= 0.3 is 0 Å². The molecule has 0 bridgehead atoms. The van der Waals surface area contributed by atoms with Gasteiger partial charge in [-0.05, 0) is 25.0 Å². The van der Waals surface area contributed by atoms with Crippen molar-refractivity contribution in [1.29, 1.82) is 0 Å². The molecule has 18 heavy (non-hydrogen) atoms. The molecule has 1 aromatic heterocycles. The van der Waals surface area contributed by atoms with Crippen LogP contribution < -0.4 is 5.32 Å². The van der Waals surface area contributed by atoms with Gasteiger partial charge < -0.3 is 10.1 Å². The number of hydrogen-bond donors (Lipinski definition) is 1. The van der Waals surface area contributed by atoms with Crippen molar-refractivity contribution in [2.45, 2.75) is 19.8 Å². The Morgan fingerprint density at radius 3 is 2.89 bits per heavy atom. The van der Waals surface area contributed by atoms with Gasteiger partial charge in [-0.3, -0.25) is 4.79 Å². The number of hydrogen-bond acceptors (Lipinski definition) is 3. The second-order valence-corrected chi connectivity index (χ2v) is 4.48. The molecule has 0 aliphatic carbocycles. The minimum atomic E-state index is -0.321. The van der Waals surface area contributed by atoms with Crippen LogP contribution >= 0.6 is 23.2 Å². The van der Waals surface area contributed by atoms with Crippen molar-refractivity contribution in [2.75, 3.05) is 19.8 Å². The van der Waals surface area contributed by atoms with Gasteiger partial charge in [0.1, 0.15) is 10.8 Å². The van der Waals surface area contributed by atoms with Gasteiger partial charge in [-0.1, -0.05) is 30.1 Å². The van der Waals surface area contributed by atoms with Crippen LogP contribution in [0.2, 0.25) is 10.2 Å². The van der Waals surface area contributed by atoms with E-state index < -0.39 is 0 Å². The summed E-state index contributed by atoms with van der Waals surface area (Å²) >= 11 is 11.6. The summed E-state index contributed by atoms with van der Waals surface area (Å²) < 4.78 is 5.30. The zero-order valence-electron chi connectivity index (χ0n) is 10.2. The van der Waals surface area contributed by atoms with Crippen LogP contribution in [0.3, 0.4) is 0 Å². The number of nitrogens with one attached hydrogen (secondary N) is 1. The number of pyridine rings is 1. The van der Waals surface area contributed by atoms with Gasteiger partial charge in [0.2, 0.25) is 0 Å². The lowest BCUT2D eigenvalue weighted by atomic mass is 10.3. The maximum Gasteiger partial charge on any atom is 0.271 e. The smallest absolute Gasteiger partial charge is 0.271 e. The second-order valence-electron chi connectivity index (χ2n) is 3.69. The molecule has 1 rings (SSSR count). The van der Waals surface area contributed by atoms with Crippen LogP contribution in [0.15, 0.2) is 12.1 Å². The number of halogens is 2. The highest BCUT2D eigenvalue weighted by atomic mass is 35.5. The molecule has 0 saturated carbocycles. The summed E-state index contributed by atoms with van der Waals surface area (Å²) in [4.78, 5) is 15.6. The van der Waals surface area contributed by atoms with Gasteiger partial charge in [0.05, 0.1) is 5.02 Å². The van der Waals surface area contributed by atoms with Crippen molar-refractivity contribution in [1.82, 2.24) is 10.3 Å². The Balaban J connectivity index is 2.34. The number of aromatic nitrogens is 1. The Morgan fingerprint density at radius 2 is 2.17 bits per heavy atom. The minimum absolute atomic E-state index is 0.152. The fourth-order valence-corrected chi connectivity index (χ4v) is 1.62. The van der Waals surface area contributed by atoms with Gasteiger partial charge in [0, 0.05) is 19.8 Å². The van der Waals surface area contributed by atoms with Crippen LogP contribution in [0.25, 0.3) is 0 Å². The van der Waals surface area contributed by atoms with Crippen molar-refractivity contribution in [2.24, 2.45) is 0 Å². The first-order chi connectivity index (χ1) is 8.65. The Bertz CT molecular complexity index is 400. The average molecular weight is 291 g/mol. The fourth-order valence-electron chi connectivity index (χ4n) is 1.28. The lowest BCUT2D eigenvalue weighted by Gasteiger charge is -2.06. The summed E-state index contributed by atoms with van der Waals surface area (Å²) in [7, 11) is 0. The first-order valence-electron chi connectivity index (χ1n) is 5.83. The van der Waals surface area contributed by atoms with Gasteiger partial charge in [-0.25, -0.2) is 4.98 Å². The van der Waals surface area contributed by atoms with Crippen molar-refractivity contribution in [3.63, 3.8) is 0 Å². The molecule has 0 aliphatic heterocycles. The molecular formula is C12H16Cl2N2O2. The molecule has 0 fully saturated rings. The number of ether oxygens (including phenoxy) is 1. The highest BCUT2D eigenvalue weighted by molar-refractivity contribution is 6.34. The predicted molar refractivity (Wildman–Crippen MR) is 72.3 cm³/mol. The summed E-state index contributed by atoms with van der Waals surface area (Å²) in [5.41, 5.74) is 0.152. The minimum Gasteiger partial charge on any atom is -0.381 e. The molecule has 0 spiro atoms. The van der Waals surface area contributed by atoms with E-state index in [1.807, 2.05) is 0 Å². The van der Waals surface area contributed by atoms with Crippen LogP contribution in [0.1, 0.15) is 30.3 Å². The maximum absolute atomic E-state index is 11.7. The lowest BCUT2D eigenvalue weighted by Crippen LogP contribution is -2.26. The summed E-state index contributed by atoms with van der Waals surface area (Å²) in [6, 6.07) is 3.09. The molecule has 6 heteroatoms. The Hall–Kier alpha value is -0.840. The molecule has 0 aliphatic rings. The number of carbonyl (C=O) groups excluding carboxylic acids is 1. The lowest BCUT2D eigenvalue weighted by molar-refractivity contribution is 0.0936. The molecule has 0 saturated heterocycles. The second kappa shape index (κ2) is 8.29. The molecule has 0 atom stereocenters. The Labute approximate surface area is 117 Å². The van der Waals surface area contributed by atoms with Gasteiger partial charge in [0.25, 0.3) is 5.91 Å². The summed E-state index contributed by atoms with van der Waals surface area (Å²) in [5.74, 6) is -0.321. The van der Waals surface area contributed by atoms with Gasteiger partial charge in [0.15, 0.2) is 0 Å². The molecule has 1 aromatic rings. The number of nitrogens with zero attached hydrogens (tertiary/aromatic N) is 1. The van der Waals surface area contributed by atoms with E-state index in [4.69, 9.17) is 27.9 Å². The van der Waals surface area contributed by atoms with Crippen molar-refractivity contribution < 1.29 is 9.53 Å². The molecule has 0 aromatic carbocycles. The quantitative estimate of drug-likeness (QED) is 0.620. The highest BCUT2D eigenvalue weighted by Gasteiger charge is 2.11. The zero-order valence-corrected chi connectivity index (χ0v) is 11.7. The first-order valence-corrected chi connectivity index (χ1v) is 6.58. The van der Waals surface area contributed by atoms with Gasteiger partial charge in [-0.2, -0.15) is 0 Å². The van der Waals surface area contributed by atoms with E-state index in [0.717, 1.165) is 19.4 Å². The fraction of sp³-hybridized carbons (Fsp3) is 0.500. The van der Waals surface area contributed by atoms with E-state index in [9.17, 15) is 4.79 Å². The molecular weight excluding hydrogens is 275 g/mol. The molecule has 1 amide bonds. The monoisotopic (exact) mass is 290 g/mol. The summed E-state index contributed by atoms with van der Waals surface area (Å²) in [6.45, 7) is 3.95. The first kappa shape index (κ1) is 15.2. The third-order valence-electron chi connectivity index (χ3n) is 2.13. The van der Waals surface area contributed by atoms with Crippen LogP contribution in [-0.4, -0.2) is 30.6 Å². The molecule has 1 N–H and O–H groups in total.